The Kier molecular flexibility index (Phi) is 4.24. The molecule has 0 saturated carbocycles. The highest BCUT2D eigenvalue weighted by Crippen LogP contribution is 2.32. The SMILES string of the molecule is CN(C)CC(O)CNC(=O)c1ccc2c(c1)OCO2. The Morgan fingerprint density at radius 3 is 2.89 bits per heavy atom. The van der Waals surface area contributed by atoms with Crippen molar-refractivity contribution < 1.29 is 19.4 Å². The number of hydrogen-bond donors (Lipinski definition) is 2. The zero-order valence-electron chi connectivity index (χ0n) is 11.0. The van der Waals surface area contributed by atoms with Crippen molar-refractivity contribution in [3.63, 3.8) is 0 Å². The molecule has 2 N–H and O–H groups in total. The van der Waals surface area contributed by atoms with E-state index in [1.165, 1.54) is 0 Å². The van der Waals surface area contributed by atoms with E-state index in [0.29, 0.717) is 23.6 Å². The molecule has 1 atom stereocenters. The van der Waals surface area contributed by atoms with E-state index >= 15 is 0 Å². The molecule has 0 aromatic heterocycles. The van der Waals surface area contributed by atoms with Crippen LogP contribution in [0.1, 0.15) is 10.4 Å². The van der Waals surface area contributed by atoms with Gasteiger partial charge in [-0.2, -0.15) is 0 Å². The summed E-state index contributed by atoms with van der Waals surface area (Å²) in [5.41, 5.74) is 0.487. The summed E-state index contributed by atoms with van der Waals surface area (Å²) >= 11 is 0. The van der Waals surface area contributed by atoms with Crippen LogP contribution in [0.4, 0.5) is 0 Å². The minimum atomic E-state index is -0.590. The summed E-state index contributed by atoms with van der Waals surface area (Å²) in [4.78, 5) is 13.8. The molecule has 1 aliphatic rings. The van der Waals surface area contributed by atoms with Gasteiger partial charge in [0.2, 0.25) is 6.79 Å². The molecule has 19 heavy (non-hydrogen) atoms. The van der Waals surface area contributed by atoms with Gasteiger partial charge in [-0.1, -0.05) is 0 Å². The highest BCUT2D eigenvalue weighted by atomic mass is 16.7. The number of ether oxygens (including phenoxy) is 2. The minimum Gasteiger partial charge on any atom is -0.454 e. The first kappa shape index (κ1) is 13.6. The standard InChI is InChI=1S/C13H18N2O4/c1-15(2)7-10(16)6-14-13(17)9-3-4-11-12(5-9)19-8-18-11/h3-5,10,16H,6-8H2,1-2H3,(H,14,17). The molecular weight excluding hydrogens is 248 g/mol. The number of amides is 1. The first-order valence-corrected chi connectivity index (χ1v) is 6.07. The fourth-order valence-electron chi connectivity index (χ4n) is 1.84. The first-order chi connectivity index (χ1) is 9.06. The molecular formula is C13H18N2O4. The molecule has 0 bridgehead atoms. The number of fused-ring (bicyclic) bond motifs is 1. The quantitative estimate of drug-likeness (QED) is 0.789. The maximum Gasteiger partial charge on any atom is 0.251 e. The summed E-state index contributed by atoms with van der Waals surface area (Å²) in [5, 5.41) is 12.4. The molecule has 0 aliphatic carbocycles. The fourth-order valence-corrected chi connectivity index (χ4v) is 1.84. The molecule has 1 unspecified atom stereocenters. The second kappa shape index (κ2) is 5.90. The van der Waals surface area contributed by atoms with Gasteiger partial charge < -0.3 is 24.8 Å². The van der Waals surface area contributed by atoms with Crippen LogP contribution < -0.4 is 14.8 Å². The van der Waals surface area contributed by atoms with Crippen molar-refractivity contribution in [2.24, 2.45) is 0 Å². The van der Waals surface area contributed by atoms with E-state index in [-0.39, 0.29) is 19.2 Å². The fraction of sp³-hybridized carbons (Fsp3) is 0.462. The molecule has 104 valence electrons. The van der Waals surface area contributed by atoms with E-state index in [9.17, 15) is 9.90 Å². The summed E-state index contributed by atoms with van der Waals surface area (Å²) in [6.07, 6.45) is -0.590. The van der Waals surface area contributed by atoms with Crippen LogP contribution in [0.5, 0.6) is 11.5 Å². The Hall–Kier alpha value is -1.79. The van der Waals surface area contributed by atoms with Crippen LogP contribution in [0.25, 0.3) is 0 Å². The van der Waals surface area contributed by atoms with Crippen LogP contribution in [0.3, 0.4) is 0 Å². The van der Waals surface area contributed by atoms with Crippen molar-refractivity contribution in [3.05, 3.63) is 23.8 Å². The number of aliphatic hydroxyl groups is 1. The van der Waals surface area contributed by atoms with Crippen LogP contribution in [-0.2, 0) is 0 Å². The number of rotatable bonds is 5. The zero-order valence-corrected chi connectivity index (χ0v) is 11.0. The number of aliphatic hydroxyl groups excluding tert-OH is 1. The Morgan fingerprint density at radius 1 is 1.42 bits per heavy atom. The number of nitrogens with one attached hydrogen (secondary N) is 1. The highest BCUT2D eigenvalue weighted by Gasteiger charge is 2.16. The average Bonchev–Trinajstić information content (AvgIpc) is 2.82. The van der Waals surface area contributed by atoms with Crippen LogP contribution >= 0.6 is 0 Å². The summed E-state index contributed by atoms with van der Waals surface area (Å²) < 4.78 is 10.4. The molecule has 0 saturated heterocycles. The molecule has 2 rings (SSSR count). The van der Waals surface area contributed by atoms with Gasteiger partial charge in [0.05, 0.1) is 6.10 Å². The summed E-state index contributed by atoms with van der Waals surface area (Å²) in [6, 6.07) is 5.00. The second-order valence-corrected chi connectivity index (χ2v) is 4.69. The lowest BCUT2D eigenvalue weighted by atomic mass is 10.2. The Morgan fingerprint density at radius 2 is 2.16 bits per heavy atom. The highest BCUT2D eigenvalue weighted by molar-refractivity contribution is 5.94. The third-order valence-corrected chi connectivity index (χ3v) is 2.71. The number of hydrogen-bond acceptors (Lipinski definition) is 5. The molecule has 1 heterocycles. The van der Waals surface area contributed by atoms with Gasteiger partial charge in [-0.3, -0.25) is 4.79 Å². The topological polar surface area (TPSA) is 71.0 Å². The lowest BCUT2D eigenvalue weighted by molar-refractivity contribution is 0.0892. The van der Waals surface area contributed by atoms with Gasteiger partial charge in [0, 0.05) is 18.7 Å². The van der Waals surface area contributed by atoms with Crippen molar-refractivity contribution in [2.75, 3.05) is 34.0 Å². The Balaban J connectivity index is 1.90. The van der Waals surface area contributed by atoms with Crippen molar-refractivity contribution >= 4 is 5.91 Å². The maximum absolute atomic E-state index is 11.9. The summed E-state index contributed by atoms with van der Waals surface area (Å²) in [5.74, 6) is 0.974. The molecule has 0 fully saturated rings. The molecule has 0 radical (unpaired) electrons. The third-order valence-electron chi connectivity index (χ3n) is 2.71. The van der Waals surface area contributed by atoms with E-state index in [1.54, 1.807) is 18.2 Å². The normalized spacial score (nSPS) is 14.5. The molecule has 6 heteroatoms. The minimum absolute atomic E-state index is 0.182. The molecule has 1 aromatic rings. The molecule has 0 spiro atoms. The van der Waals surface area contributed by atoms with Gasteiger partial charge in [-0.25, -0.2) is 0 Å². The van der Waals surface area contributed by atoms with E-state index in [4.69, 9.17) is 9.47 Å². The monoisotopic (exact) mass is 266 g/mol. The number of likely N-dealkylation sites (N-methyl/N-ethyl adjacent to an activating group) is 1. The van der Waals surface area contributed by atoms with Gasteiger partial charge in [-0.15, -0.1) is 0 Å². The van der Waals surface area contributed by atoms with Crippen LogP contribution in [0.2, 0.25) is 0 Å². The van der Waals surface area contributed by atoms with Gasteiger partial charge in [-0.05, 0) is 32.3 Å². The van der Waals surface area contributed by atoms with Gasteiger partial charge in [0.15, 0.2) is 11.5 Å². The zero-order chi connectivity index (χ0) is 13.8. The number of carbonyl (C=O) groups excluding carboxylic acids is 1. The van der Waals surface area contributed by atoms with Crippen molar-refractivity contribution in [1.29, 1.82) is 0 Å². The molecule has 1 amide bonds. The smallest absolute Gasteiger partial charge is 0.251 e. The van der Waals surface area contributed by atoms with Gasteiger partial charge >= 0.3 is 0 Å². The van der Waals surface area contributed by atoms with Crippen LogP contribution in [0.15, 0.2) is 18.2 Å². The van der Waals surface area contributed by atoms with Gasteiger partial charge in [0.25, 0.3) is 5.91 Å². The predicted octanol–water partition coefficient (Wildman–Crippen LogP) is 0.0676. The van der Waals surface area contributed by atoms with Crippen LogP contribution in [-0.4, -0.2) is 56.0 Å². The molecule has 6 nitrogen and oxygen atoms in total. The van der Waals surface area contributed by atoms with E-state index in [1.807, 2.05) is 19.0 Å². The van der Waals surface area contributed by atoms with Gasteiger partial charge in [0.1, 0.15) is 0 Å². The molecule has 1 aliphatic heterocycles. The Bertz CT molecular complexity index is 462. The van der Waals surface area contributed by atoms with Crippen molar-refractivity contribution in [1.82, 2.24) is 10.2 Å². The van der Waals surface area contributed by atoms with Crippen molar-refractivity contribution in [3.8, 4) is 11.5 Å². The molecule has 1 aromatic carbocycles. The first-order valence-electron chi connectivity index (χ1n) is 6.07. The van der Waals surface area contributed by atoms with Crippen LogP contribution in [0, 0.1) is 0 Å². The second-order valence-electron chi connectivity index (χ2n) is 4.69. The van der Waals surface area contributed by atoms with E-state index in [0.717, 1.165) is 0 Å². The van der Waals surface area contributed by atoms with E-state index < -0.39 is 6.10 Å². The maximum atomic E-state index is 11.9. The summed E-state index contributed by atoms with van der Waals surface area (Å²) in [7, 11) is 3.73. The lowest BCUT2D eigenvalue weighted by Gasteiger charge is -2.16. The predicted molar refractivity (Wildman–Crippen MR) is 69.5 cm³/mol. The van der Waals surface area contributed by atoms with Crippen molar-refractivity contribution in [2.45, 2.75) is 6.10 Å². The number of nitrogens with zero attached hydrogens (tertiary/aromatic N) is 1. The summed E-state index contributed by atoms with van der Waals surface area (Å²) in [6.45, 7) is 0.898. The Labute approximate surface area is 111 Å². The number of benzene rings is 1. The largest absolute Gasteiger partial charge is 0.454 e. The van der Waals surface area contributed by atoms with E-state index in [2.05, 4.69) is 5.32 Å². The third kappa shape index (κ3) is 3.59. The average molecular weight is 266 g/mol. The lowest BCUT2D eigenvalue weighted by Crippen LogP contribution is -2.37. The number of carbonyl (C=O) groups is 1.